The van der Waals surface area contributed by atoms with Crippen molar-refractivity contribution < 1.29 is 4.74 Å². The van der Waals surface area contributed by atoms with Crippen LogP contribution in [0, 0.1) is 0 Å². The van der Waals surface area contributed by atoms with Crippen LogP contribution in [0.15, 0.2) is 0 Å². The molecule has 1 atom stereocenters. The lowest BCUT2D eigenvalue weighted by molar-refractivity contribution is -0.00543. The van der Waals surface area contributed by atoms with E-state index in [1.54, 1.807) is 0 Å². The lowest BCUT2D eigenvalue weighted by Crippen LogP contribution is -2.36. The molecule has 0 saturated carbocycles. The van der Waals surface area contributed by atoms with Crippen molar-refractivity contribution in [1.82, 2.24) is 0 Å². The molecule has 0 aromatic rings. The summed E-state index contributed by atoms with van der Waals surface area (Å²) in [5.41, 5.74) is 0. The zero-order chi connectivity index (χ0) is 6.74. The summed E-state index contributed by atoms with van der Waals surface area (Å²) in [6.45, 7) is 3.07. The summed E-state index contributed by atoms with van der Waals surface area (Å²) in [6.07, 6.45) is 3.71. The van der Waals surface area contributed by atoms with E-state index in [9.17, 15) is 0 Å². The highest BCUT2D eigenvalue weighted by atomic mass is 35.6. The standard InChI is InChI=1S/C6H13ClOSi/c1-6(9-7)4-2-3-5-8-6/h2-5,9H2,1H3. The van der Waals surface area contributed by atoms with Gasteiger partial charge in [-0.05, 0) is 26.2 Å². The molecule has 1 fully saturated rings. The molecule has 1 rings (SSSR count). The molecule has 0 bridgehead atoms. The summed E-state index contributed by atoms with van der Waals surface area (Å²) in [6, 6.07) is 0. The van der Waals surface area contributed by atoms with Gasteiger partial charge in [-0.2, -0.15) is 11.1 Å². The van der Waals surface area contributed by atoms with Crippen molar-refractivity contribution in [2.45, 2.75) is 31.4 Å². The maximum absolute atomic E-state index is 5.84. The Morgan fingerprint density at radius 1 is 1.56 bits per heavy atom. The van der Waals surface area contributed by atoms with Gasteiger partial charge in [-0.15, -0.1) is 0 Å². The monoisotopic (exact) mass is 164 g/mol. The van der Waals surface area contributed by atoms with Crippen molar-refractivity contribution in [3.8, 4) is 0 Å². The Hall–Kier alpha value is 0.467. The fraction of sp³-hybridized carbons (Fsp3) is 1.00. The molecular formula is C6H13ClOSi. The first kappa shape index (κ1) is 7.57. The lowest BCUT2D eigenvalue weighted by Gasteiger charge is -2.31. The fourth-order valence-electron chi connectivity index (χ4n) is 1.10. The molecule has 0 aromatic carbocycles. The number of rotatable bonds is 1. The predicted molar refractivity (Wildman–Crippen MR) is 42.6 cm³/mol. The predicted octanol–water partition coefficient (Wildman–Crippen LogP) is 1.23. The Kier molecular flexibility index (Phi) is 2.56. The first-order valence-electron chi connectivity index (χ1n) is 3.47. The molecule has 0 aromatic heterocycles. The normalized spacial score (nSPS) is 38.0. The van der Waals surface area contributed by atoms with Crippen LogP contribution in [0.3, 0.4) is 0 Å². The molecule has 0 spiro atoms. The molecule has 1 saturated heterocycles. The first-order chi connectivity index (χ1) is 4.27. The van der Waals surface area contributed by atoms with E-state index < -0.39 is 8.83 Å². The van der Waals surface area contributed by atoms with E-state index in [-0.39, 0.29) is 5.22 Å². The van der Waals surface area contributed by atoms with Gasteiger partial charge in [0.1, 0.15) is 0 Å². The van der Waals surface area contributed by atoms with Crippen LogP contribution in [0.25, 0.3) is 0 Å². The van der Waals surface area contributed by atoms with E-state index in [0.717, 1.165) is 6.61 Å². The average Bonchev–Trinajstić information content (AvgIpc) is 1.90. The van der Waals surface area contributed by atoms with E-state index >= 15 is 0 Å². The quantitative estimate of drug-likeness (QED) is 0.419. The number of hydrogen-bond acceptors (Lipinski definition) is 1. The summed E-state index contributed by atoms with van der Waals surface area (Å²) in [5, 5.41) is 0.125. The minimum atomic E-state index is -0.478. The Morgan fingerprint density at radius 2 is 2.33 bits per heavy atom. The second-order valence-electron chi connectivity index (χ2n) is 2.89. The van der Waals surface area contributed by atoms with E-state index in [2.05, 4.69) is 6.92 Å². The second-order valence-corrected chi connectivity index (χ2v) is 5.45. The van der Waals surface area contributed by atoms with Gasteiger partial charge in [0.25, 0.3) is 0 Å². The summed E-state index contributed by atoms with van der Waals surface area (Å²) >= 11 is 5.84. The molecule has 0 N–H and O–H groups in total. The van der Waals surface area contributed by atoms with Gasteiger partial charge in [0, 0.05) is 6.61 Å². The van der Waals surface area contributed by atoms with Crippen LogP contribution in [0.5, 0.6) is 0 Å². The van der Waals surface area contributed by atoms with Crippen molar-refractivity contribution in [2.75, 3.05) is 6.61 Å². The maximum atomic E-state index is 5.84. The van der Waals surface area contributed by atoms with Crippen molar-refractivity contribution in [3.63, 3.8) is 0 Å². The molecule has 1 heterocycles. The number of ether oxygens (including phenoxy) is 1. The molecule has 0 amide bonds. The van der Waals surface area contributed by atoms with Crippen LogP contribution in [0.1, 0.15) is 26.2 Å². The lowest BCUT2D eigenvalue weighted by atomic mass is 10.1. The van der Waals surface area contributed by atoms with Crippen molar-refractivity contribution in [2.24, 2.45) is 0 Å². The SMILES string of the molecule is CC1([SiH2]Cl)CCCCO1. The van der Waals surface area contributed by atoms with Crippen molar-refractivity contribution in [3.05, 3.63) is 0 Å². The highest BCUT2D eigenvalue weighted by molar-refractivity contribution is 6.95. The van der Waals surface area contributed by atoms with Crippen molar-refractivity contribution >= 4 is 19.9 Å². The summed E-state index contributed by atoms with van der Waals surface area (Å²) in [4.78, 5) is 0. The summed E-state index contributed by atoms with van der Waals surface area (Å²) in [7, 11) is -0.478. The van der Waals surface area contributed by atoms with Crippen LogP contribution >= 0.6 is 11.1 Å². The third-order valence-electron chi connectivity index (χ3n) is 1.83. The Balaban J connectivity index is 2.37. The minimum absolute atomic E-state index is 0.125. The zero-order valence-corrected chi connectivity index (χ0v) is 7.99. The van der Waals surface area contributed by atoms with Gasteiger partial charge < -0.3 is 4.74 Å². The topological polar surface area (TPSA) is 9.23 Å². The number of hydrogen-bond donors (Lipinski definition) is 0. The summed E-state index contributed by atoms with van der Waals surface area (Å²) in [5.74, 6) is 0. The third kappa shape index (κ3) is 1.95. The highest BCUT2D eigenvalue weighted by Crippen LogP contribution is 2.23. The van der Waals surface area contributed by atoms with Crippen molar-refractivity contribution in [1.29, 1.82) is 0 Å². The Morgan fingerprint density at radius 3 is 2.67 bits per heavy atom. The highest BCUT2D eigenvalue weighted by Gasteiger charge is 2.26. The third-order valence-corrected chi connectivity index (χ3v) is 4.65. The molecule has 54 valence electrons. The molecule has 1 nitrogen and oxygen atoms in total. The molecule has 1 aliphatic heterocycles. The van der Waals surface area contributed by atoms with Crippen LogP contribution in [0.2, 0.25) is 0 Å². The molecule has 3 heteroatoms. The van der Waals surface area contributed by atoms with Gasteiger partial charge in [-0.1, -0.05) is 0 Å². The summed E-state index contributed by atoms with van der Waals surface area (Å²) < 4.78 is 5.54. The average molecular weight is 165 g/mol. The van der Waals surface area contributed by atoms with Gasteiger partial charge in [0.05, 0.1) is 5.22 Å². The van der Waals surface area contributed by atoms with E-state index in [1.807, 2.05) is 0 Å². The van der Waals surface area contributed by atoms with E-state index in [4.69, 9.17) is 15.8 Å². The largest absolute Gasteiger partial charge is 0.378 e. The maximum Gasteiger partial charge on any atom is 0.160 e. The Bertz CT molecular complexity index is 91.1. The smallest absolute Gasteiger partial charge is 0.160 e. The van der Waals surface area contributed by atoms with Gasteiger partial charge >= 0.3 is 0 Å². The molecule has 0 radical (unpaired) electrons. The molecule has 9 heavy (non-hydrogen) atoms. The Labute approximate surface area is 63.3 Å². The van der Waals surface area contributed by atoms with E-state index in [0.29, 0.717) is 0 Å². The first-order valence-corrected chi connectivity index (χ1v) is 6.31. The van der Waals surface area contributed by atoms with Crippen LogP contribution in [-0.2, 0) is 4.74 Å². The number of halogens is 1. The molecule has 1 unspecified atom stereocenters. The van der Waals surface area contributed by atoms with Crippen LogP contribution in [-0.4, -0.2) is 20.7 Å². The van der Waals surface area contributed by atoms with Gasteiger partial charge in [-0.25, -0.2) is 0 Å². The minimum Gasteiger partial charge on any atom is -0.378 e. The second kappa shape index (κ2) is 3.04. The van der Waals surface area contributed by atoms with Crippen LogP contribution in [0.4, 0.5) is 0 Å². The molecule has 0 aliphatic carbocycles. The van der Waals surface area contributed by atoms with Gasteiger partial charge in [0.15, 0.2) is 8.83 Å². The van der Waals surface area contributed by atoms with Crippen LogP contribution < -0.4 is 0 Å². The zero-order valence-electron chi connectivity index (χ0n) is 5.82. The van der Waals surface area contributed by atoms with Gasteiger partial charge in [-0.3, -0.25) is 0 Å². The molecule has 1 aliphatic rings. The van der Waals surface area contributed by atoms with E-state index in [1.165, 1.54) is 19.3 Å². The molecular weight excluding hydrogens is 152 g/mol. The fourth-order valence-corrected chi connectivity index (χ4v) is 2.33. The van der Waals surface area contributed by atoms with Gasteiger partial charge in [0.2, 0.25) is 0 Å².